The van der Waals surface area contributed by atoms with E-state index in [4.69, 9.17) is 5.73 Å². The van der Waals surface area contributed by atoms with Crippen LogP contribution in [0.15, 0.2) is 0 Å². The summed E-state index contributed by atoms with van der Waals surface area (Å²) in [5, 5.41) is 0. The number of hydrogen-bond acceptors (Lipinski definition) is 2. The van der Waals surface area contributed by atoms with Gasteiger partial charge >= 0.3 is 0 Å². The van der Waals surface area contributed by atoms with Crippen molar-refractivity contribution >= 4 is 0 Å². The minimum Gasteiger partial charge on any atom is -0.330 e. The zero-order valence-electron chi connectivity index (χ0n) is 9.13. The van der Waals surface area contributed by atoms with E-state index in [9.17, 15) is 0 Å². The summed E-state index contributed by atoms with van der Waals surface area (Å²) in [5.74, 6) is 1.63. The quantitative estimate of drug-likeness (QED) is 0.704. The van der Waals surface area contributed by atoms with Crippen molar-refractivity contribution in [3.63, 3.8) is 0 Å². The molecule has 0 radical (unpaired) electrons. The van der Waals surface area contributed by atoms with Crippen molar-refractivity contribution in [3.8, 4) is 0 Å². The lowest BCUT2D eigenvalue weighted by Gasteiger charge is -2.19. The molecule has 0 spiro atoms. The highest BCUT2D eigenvalue weighted by Gasteiger charge is 2.22. The molecule has 1 fully saturated rings. The second-order valence-corrected chi connectivity index (χ2v) is 4.54. The molecule has 1 rings (SSSR count). The van der Waals surface area contributed by atoms with Gasteiger partial charge in [-0.25, -0.2) is 0 Å². The highest BCUT2D eigenvalue weighted by atomic mass is 15.1. The Labute approximate surface area is 82.5 Å². The smallest absolute Gasteiger partial charge is 0.00192 e. The van der Waals surface area contributed by atoms with Crippen LogP contribution in [0.3, 0.4) is 0 Å². The van der Waals surface area contributed by atoms with Gasteiger partial charge in [-0.2, -0.15) is 0 Å². The predicted octanol–water partition coefficient (Wildman–Crippen LogP) is 1.70. The monoisotopic (exact) mass is 184 g/mol. The fourth-order valence-corrected chi connectivity index (χ4v) is 2.24. The SMILES string of the molecule is CCCC1CCN(CC(C)CN)C1. The summed E-state index contributed by atoms with van der Waals surface area (Å²) in [5.41, 5.74) is 5.62. The molecule has 2 N–H and O–H groups in total. The molecule has 1 aliphatic heterocycles. The molecule has 0 bridgehead atoms. The van der Waals surface area contributed by atoms with Crippen LogP contribution in [0.5, 0.6) is 0 Å². The number of nitrogens with zero attached hydrogens (tertiary/aromatic N) is 1. The van der Waals surface area contributed by atoms with Gasteiger partial charge in [-0.15, -0.1) is 0 Å². The maximum Gasteiger partial charge on any atom is 0.00192 e. The molecule has 1 heterocycles. The molecule has 2 nitrogen and oxygen atoms in total. The maximum absolute atomic E-state index is 5.62. The molecule has 0 aromatic rings. The Bertz CT molecular complexity index is 136. The topological polar surface area (TPSA) is 29.3 Å². The van der Waals surface area contributed by atoms with E-state index in [0.717, 1.165) is 12.5 Å². The molecule has 0 aromatic carbocycles. The third-order valence-corrected chi connectivity index (χ3v) is 3.04. The number of nitrogens with two attached hydrogens (primary N) is 1. The Hall–Kier alpha value is -0.0800. The molecule has 1 saturated heterocycles. The van der Waals surface area contributed by atoms with Gasteiger partial charge in [0.2, 0.25) is 0 Å². The highest BCUT2D eigenvalue weighted by molar-refractivity contribution is 4.76. The van der Waals surface area contributed by atoms with Gasteiger partial charge in [0, 0.05) is 13.1 Å². The fourth-order valence-electron chi connectivity index (χ4n) is 2.24. The molecule has 78 valence electrons. The predicted molar refractivity (Wildman–Crippen MR) is 57.7 cm³/mol. The zero-order valence-corrected chi connectivity index (χ0v) is 9.13. The Kier molecular flexibility index (Phi) is 4.74. The van der Waals surface area contributed by atoms with E-state index in [0.29, 0.717) is 5.92 Å². The van der Waals surface area contributed by atoms with Gasteiger partial charge in [-0.1, -0.05) is 20.3 Å². The third-order valence-electron chi connectivity index (χ3n) is 3.04. The summed E-state index contributed by atoms with van der Waals surface area (Å²) in [7, 11) is 0. The van der Waals surface area contributed by atoms with Crippen LogP contribution in [0, 0.1) is 11.8 Å². The average Bonchev–Trinajstić information content (AvgIpc) is 2.53. The Morgan fingerprint density at radius 3 is 2.92 bits per heavy atom. The van der Waals surface area contributed by atoms with Gasteiger partial charge in [-0.05, 0) is 37.8 Å². The highest BCUT2D eigenvalue weighted by Crippen LogP contribution is 2.21. The van der Waals surface area contributed by atoms with E-state index in [1.54, 1.807) is 0 Å². The lowest BCUT2D eigenvalue weighted by atomic mass is 10.0. The third kappa shape index (κ3) is 3.65. The Balaban J connectivity index is 2.17. The molecule has 2 atom stereocenters. The van der Waals surface area contributed by atoms with Gasteiger partial charge in [0.05, 0.1) is 0 Å². The summed E-state index contributed by atoms with van der Waals surface area (Å²) >= 11 is 0. The Morgan fingerprint density at radius 2 is 2.31 bits per heavy atom. The van der Waals surface area contributed by atoms with E-state index >= 15 is 0 Å². The van der Waals surface area contributed by atoms with Crippen molar-refractivity contribution in [1.29, 1.82) is 0 Å². The molecule has 0 saturated carbocycles. The minimum atomic E-state index is 0.667. The van der Waals surface area contributed by atoms with Gasteiger partial charge in [0.1, 0.15) is 0 Å². The van der Waals surface area contributed by atoms with Crippen LogP contribution in [-0.2, 0) is 0 Å². The summed E-state index contributed by atoms with van der Waals surface area (Å²) < 4.78 is 0. The van der Waals surface area contributed by atoms with Crippen molar-refractivity contribution in [2.45, 2.75) is 33.1 Å². The summed E-state index contributed by atoms with van der Waals surface area (Å²) in [6.07, 6.45) is 4.16. The molecule has 2 unspecified atom stereocenters. The van der Waals surface area contributed by atoms with Crippen LogP contribution in [0.4, 0.5) is 0 Å². The largest absolute Gasteiger partial charge is 0.330 e. The van der Waals surface area contributed by atoms with E-state index in [2.05, 4.69) is 18.7 Å². The first kappa shape index (κ1) is 11.0. The molecule has 0 amide bonds. The van der Waals surface area contributed by atoms with Crippen LogP contribution < -0.4 is 5.73 Å². The van der Waals surface area contributed by atoms with Gasteiger partial charge < -0.3 is 10.6 Å². The second kappa shape index (κ2) is 5.61. The average molecular weight is 184 g/mol. The lowest BCUT2D eigenvalue weighted by Crippen LogP contribution is -2.29. The van der Waals surface area contributed by atoms with Crippen LogP contribution in [-0.4, -0.2) is 31.1 Å². The minimum absolute atomic E-state index is 0.667. The van der Waals surface area contributed by atoms with E-state index in [-0.39, 0.29) is 0 Å². The lowest BCUT2D eigenvalue weighted by molar-refractivity contribution is 0.278. The number of likely N-dealkylation sites (tertiary alicyclic amines) is 1. The van der Waals surface area contributed by atoms with Crippen molar-refractivity contribution < 1.29 is 0 Å². The molecular weight excluding hydrogens is 160 g/mol. The van der Waals surface area contributed by atoms with Crippen molar-refractivity contribution in [3.05, 3.63) is 0 Å². The first-order chi connectivity index (χ1) is 6.26. The molecule has 1 aliphatic rings. The Morgan fingerprint density at radius 1 is 1.54 bits per heavy atom. The first-order valence-electron chi connectivity index (χ1n) is 5.68. The van der Waals surface area contributed by atoms with Crippen LogP contribution in [0.1, 0.15) is 33.1 Å². The van der Waals surface area contributed by atoms with E-state index in [1.807, 2.05) is 0 Å². The standard InChI is InChI=1S/C11H24N2/c1-3-4-11-5-6-13(9-11)8-10(2)7-12/h10-11H,3-9,12H2,1-2H3. The normalized spacial score (nSPS) is 26.5. The van der Waals surface area contributed by atoms with E-state index < -0.39 is 0 Å². The summed E-state index contributed by atoms with van der Waals surface area (Å²) in [6, 6.07) is 0. The number of hydrogen-bond donors (Lipinski definition) is 1. The molecule has 0 aromatic heterocycles. The molecule has 0 aliphatic carbocycles. The van der Waals surface area contributed by atoms with E-state index in [1.165, 1.54) is 38.9 Å². The van der Waals surface area contributed by atoms with Crippen LogP contribution in [0.2, 0.25) is 0 Å². The second-order valence-electron chi connectivity index (χ2n) is 4.54. The van der Waals surface area contributed by atoms with Gasteiger partial charge in [0.25, 0.3) is 0 Å². The number of rotatable bonds is 5. The van der Waals surface area contributed by atoms with Crippen molar-refractivity contribution in [2.75, 3.05) is 26.2 Å². The van der Waals surface area contributed by atoms with Crippen LogP contribution in [0.25, 0.3) is 0 Å². The van der Waals surface area contributed by atoms with Gasteiger partial charge in [0.15, 0.2) is 0 Å². The summed E-state index contributed by atoms with van der Waals surface area (Å²) in [6.45, 7) is 9.18. The molecular formula is C11H24N2. The van der Waals surface area contributed by atoms with Crippen molar-refractivity contribution in [1.82, 2.24) is 4.90 Å². The molecule has 13 heavy (non-hydrogen) atoms. The van der Waals surface area contributed by atoms with Crippen LogP contribution >= 0.6 is 0 Å². The first-order valence-corrected chi connectivity index (χ1v) is 5.68. The summed E-state index contributed by atoms with van der Waals surface area (Å²) in [4.78, 5) is 2.58. The molecule has 2 heteroatoms. The van der Waals surface area contributed by atoms with Crippen molar-refractivity contribution in [2.24, 2.45) is 17.6 Å². The van der Waals surface area contributed by atoms with Gasteiger partial charge in [-0.3, -0.25) is 0 Å². The zero-order chi connectivity index (χ0) is 9.68. The fraction of sp³-hybridized carbons (Fsp3) is 1.00. The maximum atomic E-state index is 5.62.